The van der Waals surface area contributed by atoms with Gasteiger partial charge in [-0.25, -0.2) is 4.39 Å². The van der Waals surface area contributed by atoms with E-state index in [-0.39, 0.29) is 17.6 Å². The number of carbonyl (C=O) groups excluding carboxylic acids is 1. The molecule has 0 spiro atoms. The number of nitrogens with zero attached hydrogens (tertiary/aromatic N) is 1. The number of hydrogen-bond acceptors (Lipinski definition) is 4. The van der Waals surface area contributed by atoms with Crippen molar-refractivity contribution in [2.75, 3.05) is 12.0 Å². The van der Waals surface area contributed by atoms with E-state index in [2.05, 4.69) is 5.32 Å². The van der Waals surface area contributed by atoms with Crippen molar-refractivity contribution in [3.8, 4) is 11.5 Å². The smallest absolute Gasteiger partial charge is 0.281 e. The Morgan fingerprint density at radius 3 is 2.58 bits per heavy atom. The first-order chi connectivity index (χ1) is 15.9. The SMILES string of the molecule is COc1ccc(/C=C2/NC(=S)N(c3ccc(F)cc3)C2=O)cc1COc1cccc(Cl)c1Cl. The van der Waals surface area contributed by atoms with E-state index in [1.54, 1.807) is 43.5 Å². The highest BCUT2D eigenvalue weighted by molar-refractivity contribution is 7.80. The number of methoxy groups -OCH3 is 1. The molecule has 0 atom stereocenters. The van der Waals surface area contributed by atoms with Gasteiger partial charge in [-0.15, -0.1) is 0 Å². The van der Waals surface area contributed by atoms with Gasteiger partial charge >= 0.3 is 0 Å². The third-order valence-electron chi connectivity index (χ3n) is 4.88. The summed E-state index contributed by atoms with van der Waals surface area (Å²) >= 11 is 17.6. The Morgan fingerprint density at radius 2 is 1.85 bits per heavy atom. The zero-order chi connectivity index (χ0) is 23.5. The van der Waals surface area contributed by atoms with E-state index in [1.165, 1.54) is 29.2 Å². The van der Waals surface area contributed by atoms with Crippen LogP contribution in [-0.4, -0.2) is 18.1 Å². The molecule has 0 aromatic heterocycles. The van der Waals surface area contributed by atoms with Crippen LogP contribution < -0.4 is 19.7 Å². The summed E-state index contributed by atoms with van der Waals surface area (Å²) < 4.78 is 24.5. The molecule has 33 heavy (non-hydrogen) atoms. The number of halogens is 3. The second kappa shape index (κ2) is 9.79. The summed E-state index contributed by atoms with van der Waals surface area (Å²) in [6, 6.07) is 16.1. The predicted molar refractivity (Wildman–Crippen MR) is 131 cm³/mol. The van der Waals surface area contributed by atoms with Gasteiger partial charge in [0.2, 0.25) is 0 Å². The largest absolute Gasteiger partial charge is 0.496 e. The predicted octanol–water partition coefficient (Wildman–Crippen LogP) is 5.98. The van der Waals surface area contributed by atoms with E-state index < -0.39 is 5.82 Å². The average molecular weight is 503 g/mol. The van der Waals surface area contributed by atoms with Gasteiger partial charge in [-0.05, 0) is 72.4 Å². The monoisotopic (exact) mass is 502 g/mol. The summed E-state index contributed by atoms with van der Waals surface area (Å²) in [5.74, 6) is 0.324. The van der Waals surface area contributed by atoms with Gasteiger partial charge in [0, 0.05) is 5.56 Å². The van der Waals surface area contributed by atoms with Crippen LogP contribution in [0.25, 0.3) is 6.08 Å². The van der Waals surface area contributed by atoms with Gasteiger partial charge in [-0.3, -0.25) is 9.69 Å². The van der Waals surface area contributed by atoms with E-state index in [0.29, 0.717) is 32.9 Å². The second-order valence-corrected chi connectivity index (χ2v) is 8.19. The maximum atomic E-state index is 13.2. The second-order valence-electron chi connectivity index (χ2n) is 7.02. The summed E-state index contributed by atoms with van der Waals surface area (Å²) in [4.78, 5) is 14.2. The number of anilines is 1. The van der Waals surface area contributed by atoms with Crippen molar-refractivity contribution in [3.63, 3.8) is 0 Å². The minimum atomic E-state index is -0.396. The number of benzene rings is 3. The third kappa shape index (κ3) is 4.95. The molecule has 1 heterocycles. The number of ether oxygens (including phenoxy) is 2. The van der Waals surface area contributed by atoms with Gasteiger partial charge in [-0.1, -0.05) is 35.3 Å². The molecule has 168 valence electrons. The lowest BCUT2D eigenvalue weighted by Crippen LogP contribution is -2.30. The van der Waals surface area contributed by atoms with Crippen LogP contribution >= 0.6 is 35.4 Å². The Kier molecular flexibility index (Phi) is 6.83. The molecule has 0 radical (unpaired) electrons. The molecule has 1 N–H and O–H groups in total. The van der Waals surface area contributed by atoms with Gasteiger partial charge in [0.25, 0.3) is 5.91 Å². The molecule has 1 amide bonds. The molecule has 0 saturated carbocycles. The maximum absolute atomic E-state index is 13.2. The van der Waals surface area contributed by atoms with Crippen LogP contribution in [0.5, 0.6) is 11.5 Å². The Balaban J connectivity index is 1.58. The Hall–Kier alpha value is -3.13. The standard InChI is InChI=1S/C24H17Cl2FN2O3S/c1-31-20-10-5-14(11-15(20)13-32-21-4-2-3-18(25)22(21)26)12-19-23(30)29(24(33)28-19)17-8-6-16(27)7-9-17/h2-12H,13H2,1H3,(H,28,33)/b19-12+. The normalized spacial score (nSPS) is 14.5. The molecule has 1 aliphatic heterocycles. The lowest BCUT2D eigenvalue weighted by molar-refractivity contribution is -0.113. The summed E-state index contributed by atoms with van der Waals surface area (Å²) in [6.07, 6.45) is 1.67. The zero-order valence-electron chi connectivity index (χ0n) is 17.3. The highest BCUT2D eigenvalue weighted by Crippen LogP contribution is 2.33. The van der Waals surface area contributed by atoms with Gasteiger partial charge in [0.05, 0.1) is 17.8 Å². The highest BCUT2D eigenvalue weighted by Gasteiger charge is 2.32. The summed E-state index contributed by atoms with van der Waals surface area (Å²) in [6.45, 7) is 0.168. The molecule has 0 aliphatic carbocycles. The van der Waals surface area contributed by atoms with Gasteiger partial charge in [0.15, 0.2) is 5.11 Å². The first-order valence-electron chi connectivity index (χ1n) is 9.74. The number of amides is 1. The third-order valence-corrected chi connectivity index (χ3v) is 5.96. The molecule has 1 fully saturated rings. The maximum Gasteiger partial charge on any atom is 0.281 e. The van der Waals surface area contributed by atoms with Crippen molar-refractivity contribution in [1.82, 2.24) is 5.32 Å². The van der Waals surface area contributed by atoms with Crippen LogP contribution in [0, 0.1) is 5.82 Å². The summed E-state index contributed by atoms with van der Waals surface area (Å²) in [5.41, 5.74) is 2.24. The fraction of sp³-hybridized carbons (Fsp3) is 0.0833. The number of rotatable bonds is 6. The van der Waals surface area contributed by atoms with Gasteiger partial charge in [-0.2, -0.15) is 0 Å². The molecule has 1 saturated heterocycles. The van der Waals surface area contributed by atoms with Crippen LogP contribution in [0.3, 0.4) is 0 Å². The summed E-state index contributed by atoms with van der Waals surface area (Å²) in [7, 11) is 1.56. The minimum Gasteiger partial charge on any atom is -0.496 e. The van der Waals surface area contributed by atoms with E-state index in [4.69, 9.17) is 44.9 Å². The Bertz CT molecular complexity index is 1270. The van der Waals surface area contributed by atoms with Crippen LogP contribution in [0.2, 0.25) is 10.0 Å². The fourth-order valence-corrected chi connectivity index (χ4v) is 3.92. The Morgan fingerprint density at radius 1 is 1.09 bits per heavy atom. The molecule has 3 aromatic carbocycles. The van der Waals surface area contributed by atoms with Crippen molar-refractivity contribution in [3.05, 3.63) is 93.4 Å². The van der Waals surface area contributed by atoms with Crippen molar-refractivity contribution in [2.45, 2.75) is 6.61 Å². The Labute approximate surface area is 205 Å². The summed E-state index contributed by atoms with van der Waals surface area (Å²) in [5, 5.41) is 3.85. The number of thiocarbonyl (C=S) groups is 1. The van der Waals surface area contributed by atoms with Crippen molar-refractivity contribution < 1.29 is 18.7 Å². The first-order valence-corrected chi connectivity index (χ1v) is 10.9. The first kappa shape index (κ1) is 23.0. The highest BCUT2D eigenvalue weighted by atomic mass is 35.5. The van der Waals surface area contributed by atoms with E-state index in [0.717, 1.165) is 11.1 Å². The number of hydrogen-bond donors (Lipinski definition) is 1. The zero-order valence-corrected chi connectivity index (χ0v) is 19.6. The molecule has 9 heteroatoms. The van der Waals surface area contributed by atoms with E-state index >= 15 is 0 Å². The molecule has 0 unspecified atom stereocenters. The van der Waals surface area contributed by atoms with Gasteiger partial charge in [0.1, 0.15) is 34.6 Å². The molecule has 3 aromatic rings. The van der Waals surface area contributed by atoms with Crippen LogP contribution in [0.1, 0.15) is 11.1 Å². The van der Waals surface area contributed by atoms with Crippen molar-refractivity contribution >= 4 is 58.2 Å². The molecule has 5 nitrogen and oxygen atoms in total. The van der Waals surface area contributed by atoms with Crippen molar-refractivity contribution in [2.24, 2.45) is 0 Å². The molecule has 4 rings (SSSR count). The molecular weight excluding hydrogens is 486 g/mol. The number of nitrogens with one attached hydrogen (secondary N) is 1. The van der Waals surface area contributed by atoms with E-state index in [9.17, 15) is 9.18 Å². The van der Waals surface area contributed by atoms with Gasteiger partial charge < -0.3 is 14.8 Å². The van der Waals surface area contributed by atoms with Crippen LogP contribution in [0.4, 0.5) is 10.1 Å². The lowest BCUT2D eigenvalue weighted by Gasteiger charge is -2.13. The minimum absolute atomic E-state index is 0.168. The van der Waals surface area contributed by atoms with E-state index in [1.807, 2.05) is 6.07 Å². The molecule has 1 aliphatic rings. The quantitative estimate of drug-likeness (QED) is 0.331. The lowest BCUT2D eigenvalue weighted by atomic mass is 10.1. The molecular formula is C24H17Cl2FN2O3S. The van der Waals surface area contributed by atoms with Crippen LogP contribution in [0.15, 0.2) is 66.4 Å². The average Bonchev–Trinajstić information content (AvgIpc) is 3.08. The van der Waals surface area contributed by atoms with Crippen LogP contribution in [-0.2, 0) is 11.4 Å². The van der Waals surface area contributed by atoms with Crippen molar-refractivity contribution in [1.29, 1.82) is 0 Å². The topological polar surface area (TPSA) is 50.8 Å². The fourth-order valence-electron chi connectivity index (χ4n) is 3.28. The number of carbonyl (C=O) groups is 1. The molecule has 0 bridgehead atoms.